The Hall–Kier alpha value is -4.11. The normalized spacial score (nSPS) is 17.6. The van der Waals surface area contributed by atoms with E-state index in [0.29, 0.717) is 27.8 Å². The summed E-state index contributed by atoms with van der Waals surface area (Å²) in [6, 6.07) is 19.7. The first-order chi connectivity index (χ1) is 16.4. The van der Waals surface area contributed by atoms with Crippen molar-refractivity contribution in [1.82, 2.24) is 10.3 Å². The van der Waals surface area contributed by atoms with Crippen molar-refractivity contribution in [2.45, 2.75) is 19.0 Å². The van der Waals surface area contributed by atoms with Crippen LogP contribution in [0.4, 0.5) is 15.8 Å². The zero-order valence-electron chi connectivity index (χ0n) is 18.0. The summed E-state index contributed by atoms with van der Waals surface area (Å²) in [5, 5.41) is 14.8. The van der Waals surface area contributed by atoms with Crippen molar-refractivity contribution < 1.29 is 13.7 Å². The highest BCUT2D eigenvalue weighted by atomic mass is 32.1. The molecule has 9 heteroatoms. The topological polar surface area (TPSA) is 84.4 Å². The lowest BCUT2D eigenvalue weighted by atomic mass is 10.0. The molecule has 4 aromatic rings. The van der Waals surface area contributed by atoms with Crippen LogP contribution in [0.3, 0.4) is 0 Å². The van der Waals surface area contributed by atoms with E-state index in [1.165, 1.54) is 18.2 Å². The third kappa shape index (κ3) is 3.90. The highest BCUT2D eigenvalue weighted by molar-refractivity contribution is 7.80. The van der Waals surface area contributed by atoms with Crippen molar-refractivity contribution in [3.63, 3.8) is 0 Å². The highest BCUT2D eigenvalue weighted by Crippen LogP contribution is 2.43. The Bertz CT molecular complexity index is 1370. The van der Waals surface area contributed by atoms with Gasteiger partial charge in [0.25, 0.3) is 5.69 Å². The molecule has 2 aromatic carbocycles. The number of aryl methyl sites for hydroxylation is 1. The fraction of sp³-hybridized carbons (Fsp3) is 0.120. The lowest BCUT2D eigenvalue weighted by Crippen LogP contribution is -2.29. The maximum Gasteiger partial charge on any atom is 0.269 e. The van der Waals surface area contributed by atoms with Crippen LogP contribution in [0.2, 0.25) is 0 Å². The van der Waals surface area contributed by atoms with Crippen LogP contribution in [0.1, 0.15) is 29.1 Å². The molecule has 0 spiro atoms. The van der Waals surface area contributed by atoms with Gasteiger partial charge < -0.3 is 14.6 Å². The van der Waals surface area contributed by atoms with Gasteiger partial charge in [0.05, 0.1) is 16.7 Å². The molecule has 0 bridgehead atoms. The minimum atomic E-state index is -0.442. The Kier molecular flexibility index (Phi) is 5.54. The largest absolute Gasteiger partial charge is 0.459 e. The van der Waals surface area contributed by atoms with E-state index < -0.39 is 4.92 Å². The number of thiocarbonyl (C=S) groups is 1. The van der Waals surface area contributed by atoms with Gasteiger partial charge in [0.2, 0.25) is 0 Å². The van der Waals surface area contributed by atoms with Crippen molar-refractivity contribution >= 4 is 28.7 Å². The van der Waals surface area contributed by atoms with Gasteiger partial charge in [0.15, 0.2) is 5.11 Å². The zero-order valence-corrected chi connectivity index (χ0v) is 18.8. The molecule has 1 aliphatic rings. The summed E-state index contributed by atoms with van der Waals surface area (Å²) >= 11 is 5.68. The van der Waals surface area contributed by atoms with Crippen LogP contribution in [-0.2, 0) is 0 Å². The number of nitro groups is 1. The summed E-state index contributed by atoms with van der Waals surface area (Å²) < 4.78 is 20.2. The Morgan fingerprint density at radius 1 is 1.12 bits per heavy atom. The Labute approximate surface area is 200 Å². The van der Waals surface area contributed by atoms with Gasteiger partial charge in [-0.05, 0) is 79.3 Å². The number of anilines is 1. The number of rotatable bonds is 5. The molecule has 5 rings (SSSR count). The molecule has 1 N–H and O–H groups in total. The molecule has 1 aliphatic heterocycles. The second-order valence-corrected chi connectivity index (χ2v) is 8.32. The molecular formula is C25H19FN4O3S. The summed E-state index contributed by atoms with van der Waals surface area (Å²) in [4.78, 5) is 16.9. The van der Waals surface area contributed by atoms with Gasteiger partial charge in [-0.3, -0.25) is 15.1 Å². The van der Waals surface area contributed by atoms with Crippen LogP contribution in [0, 0.1) is 22.9 Å². The quantitative estimate of drug-likeness (QED) is 0.220. The van der Waals surface area contributed by atoms with E-state index in [9.17, 15) is 14.5 Å². The average Bonchev–Trinajstić information content (AvgIpc) is 3.46. The Balaban J connectivity index is 1.57. The van der Waals surface area contributed by atoms with Crippen molar-refractivity contribution in [1.29, 1.82) is 0 Å². The van der Waals surface area contributed by atoms with Gasteiger partial charge in [-0.25, -0.2) is 4.39 Å². The summed E-state index contributed by atoms with van der Waals surface area (Å²) in [5.41, 5.74) is 2.74. The second kappa shape index (κ2) is 8.68. The van der Waals surface area contributed by atoms with E-state index >= 15 is 0 Å². The van der Waals surface area contributed by atoms with E-state index in [4.69, 9.17) is 16.6 Å². The molecule has 7 nitrogen and oxygen atoms in total. The minimum Gasteiger partial charge on any atom is -0.459 e. The first-order valence-corrected chi connectivity index (χ1v) is 10.9. The van der Waals surface area contributed by atoms with E-state index in [2.05, 4.69) is 10.3 Å². The molecule has 0 unspecified atom stereocenters. The van der Waals surface area contributed by atoms with Crippen molar-refractivity contribution in [2.75, 3.05) is 4.90 Å². The number of halogens is 1. The van der Waals surface area contributed by atoms with Crippen molar-refractivity contribution in [3.05, 3.63) is 112 Å². The van der Waals surface area contributed by atoms with Crippen LogP contribution in [-0.4, -0.2) is 15.0 Å². The molecular weight excluding hydrogens is 455 g/mol. The van der Waals surface area contributed by atoms with Crippen LogP contribution < -0.4 is 10.2 Å². The van der Waals surface area contributed by atoms with Gasteiger partial charge in [0.1, 0.15) is 23.4 Å². The maximum absolute atomic E-state index is 14.0. The number of hydrogen-bond acceptors (Lipinski definition) is 5. The highest BCUT2D eigenvalue weighted by Gasteiger charge is 2.42. The number of aromatic nitrogens is 1. The smallest absolute Gasteiger partial charge is 0.269 e. The monoisotopic (exact) mass is 474 g/mol. The zero-order chi connectivity index (χ0) is 23.8. The summed E-state index contributed by atoms with van der Waals surface area (Å²) in [6.45, 7) is 1.70. The molecule has 34 heavy (non-hydrogen) atoms. The van der Waals surface area contributed by atoms with Gasteiger partial charge in [-0.2, -0.15) is 0 Å². The molecule has 0 aliphatic carbocycles. The standard InChI is InChI=1S/C25H19FN4O3S/c1-15-14-18(9-10-19(15)26)29-24(23(28-25(29)34)20-4-2-3-13-27-20)22-12-11-21(33-22)16-5-7-17(8-6-16)30(31)32/h2-14,23-24H,1H3,(H,28,34)/t23-,24+/m0/s1. The third-order valence-corrected chi connectivity index (χ3v) is 6.11. The number of benzene rings is 2. The number of pyridine rings is 1. The van der Waals surface area contributed by atoms with E-state index in [-0.39, 0.29) is 23.6 Å². The first kappa shape index (κ1) is 21.7. The lowest BCUT2D eigenvalue weighted by molar-refractivity contribution is -0.384. The molecule has 1 fully saturated rings. The summed E-state index contributed by atoms with van der Waals surface area (Å²) in [6.07, 6.45) is 1.71. The molecule has 1 saturated heterocycles. The van der Waals surface area contributed by atoms with Crippen LogP contribution in [0.15, 0.2) is 83.4 Å². The Morgan fingerprint density at radius 3 is 2.59 bits per heavy atom. The van der Waals surface area contributed by atoms with Crippen LogP contribution in [0.25, 0.3) is 11.3 Å². The molecule has 0 radical (unpaired) electrons. The maximum atomic E-state index is 14.0. The molecule has 0 amide bonds. The molecule has 170 valence electrons. The Morgan fingerprint density at radius 2 is 1.91 bits per heavy atom. The predicted molar refractivity (Wildman–Crippen MR) is 130 cm³/mol. The summed E-state index contributed by atoms with van der Waals surface area (Å²) in [5.74, 6) is 0.897. The average molecular weight is 475 g/mol. The third-order valence-electron chi connectivity index (χ3n) is 5.80. The van der Waals surface area contributed by atoms with E-state index in [1.54, 1.807) is 37.4 Å². The SMILES string of the molecule is Cc1cc(N2C(=S)N[C@@H](c3ccccn3)[C@H]2c2ccc(-c3ccc([N+](=O)[O-])cc3)o2)ccc1F. The van der Waals surface area contributed by atoms with Gasteiger partial charge in [-0.15, -0.1) is 0 Å². The number of non-ortho nitro benzene ring substituents is 1. The molecule has 3 heterocycles. The van der Waals surface area contributed by atoms with Gasteiger partial charge >= 0.3 is 0 Å². The first-order valence-electron chi connectivity index (χ1n) is 10.5. The van der Waals surface area contributed by atoms with E-state index in [0.717, 1.165) is 11.4 Å². The molecule has 0 saturated carbocycles. The minimum absolute atomic E-state index is 0.00828. The predicted octanol–water partition coefficient (Wildman–Crippen LogP) is 5.87. The van der Waals surface area contributed by atoms with Gasteiger partial charge in [0, 0.05) is 29.6 Å². The van der Waals surface area contributed by atoms with Crippen LogP contribution >= 0.6 is 12.2 Å². The number of furan rings is 1. The van der Waals surface area contributed by atoms with E-state index in [1.807, 2.05) is 35.2 Å². The summed E-state index contributed by atoms with van der Waals surface area (Å²) in [7, 11) is 0. The number of hydrogen-bond donors (Lipinski definition) is 1. The molecule has 2 aromatic heterocycles. The second-order valence-electron chi connectivity index (χ2n) is 7.94. The van der Waals surface area contributed by atoms with Crippen molar-refractivity contribution in [3.8, 4) is 11.3 Å². The molecule has 2 atom stereocenters. The van der Waals surface area contributed by atoms with Crippen LogP contribution in [0.5, 0.6) is 0 Å². The number of nitrogens with one attached hydrogen (secondary N) is 1. The fourth-order valence-corrected chi connectivity index (χ4v) is 4.46. The van der Waals surface area contributed by atoms with Crippen molar-refractivity contribution in [2.24, 2.45) is 0 Å². The van der Waals surface area contributed by atoms with Gasteiger partial charge in [-0.1, -0.05) is 6.07 Å². The lowest BCUT2D eigenvalue weighted by Gasteiger charge is -2.26. The number of nitrogens with zero attached hydrogens (tertiary/aromatic N) is 3. The fourth-order valence-electron chi connectivity index (χ4n) is 4.11. The number of nitro benzene ring substituents is 1.